The molecule has 0 spiro atoms. The molecule has 3 aromatic rings. The molecule has 62 heavy (non-hydrogen) atoms. The number of ketones is 2. The van der Waals surface area contributed by atoms with Crippen molar-refractivity contribution >= 4 is 23.4 Å². The molecule has 1 amide bonds. The Kier molecular flexibility index (Phi) is 12.3. The van der Waals surface area contributed by atoms with Gasteiger partial charge in [0.1, 0.15) is 65.7 Å². The number of likely N-dealkylation sites (N-methyl/N-ethyl adjacent to an activating group) is 1. The number of fused-ring (bicyclic) bond motifs is 5. The van der Waals surface area contributed by atoms with Gasteiger partial charge in [0, 0.05) is 28.3 Å². The normalized spacial score (nSPS) is 29.5. The fourth-order valence-electron chi connectivity index (χ4n) is 8.50. The number of aliphatic hydroxyl groups is 6. The molecule has 12 unspecified atom stereocenters. The summed E-state index contributed by atoms with van der Waals surface area (Å²) in [6, 6.07) is 1.94. The Labute approximate surface area is 351 Å². The van der Waals surface area contributed by atoms with Gasteiger partial charge < -0.3 is 85.4 Å². The average Bonchev–Trinajstić information content (AvgIpc) is 3.22. The first-order valence-corrected chi connectivity index (χ1v) is 19.5. The first kappa shape index (κ1) is 44.7. The highest BCUT2D eigenvalue weighted by atomic mass is 16.7. The number of amides is 1. The number of hydrogen-bond donors (Lipinski definition) is 12. The molecule has 4 aliphatic rings. The zero-order valence-electron chi connectivity index (χ0n) is 33.5. The average molecular weight is 871 g/mol. The summed E-state index contributed by atoms with van der Waals surface area (Å²) in [7, 11) is 1.26. The van der Waals surface area contributed by atoms with Crippen molar-refractivity contribution in [3.05, 3.63) is 68.8 Å². The lowest BCUT2D eigenvalue weighted by molar-refractivity contribution is -0.339. The number of carbonyl (C=O) groups excluding carboxylic acids is 3. The maximum Gasteiger partial charge on any atom is 0.328 e. The van der Waals surface area contributed by atoms with Crippen LogP contribution in [0.25, 0.3) is 11.1 Å². The summed E-state index contributed by atoms with van der Waals surface area (Å²) in [4.78, 5) is 53.5. The van der Waals surface area contributed by atoms with Crippen LogP contribution >= 0.6 is 0 Å². The first-order chi connectivity index (χ1) is 29.4. The molecule has 0 radical (unpaired) electrons. The molecule has 7 rings (SSSR count). The SMILES string of the molecule is CCNC1C(C)OC(OC2c3cc(C)c(C(=O)NC(CO)C(=O)O)c(O)c3-c3c(cc4c(c3O)C(=O)c3cc(OC)cc(O)c3C4=O)C2O)C(O)C1OC1OCC(O)C(O)C1O. The highest BCUT2D eigenvalue weighted by Gasteiger charge is 2.51. The van der Waals surface area contributed by atoms with Gasteiger partial charge in [0.2, 0.25) is 0 Å². The first-order valence-electron chi connectivity index (χ1n) is 19.5. The van der Waals surface area contributed by atoms with Gasteiger partial charge in [-0.3, -0.25) is 14.4 Å². The number of rotatable bonds is 11. The number of phenols is 3. The molecule has 2 heterocycles. The van der Waals surface area contributed by atoms with E-state index in [2.05, 4.69) is 10.6 Å². The minimum absolute atomic E-state index is 0.0000783. The smallest absolute Gasteiger partial charge is 0.328 e. The van der Waals surface area contributed by atoms with E-state index in [0.29, 0.717) is 6.54 Å². The van der Waals surface area contributed by atoms with E-state index < -0.39 is 161 Å². The Morgan fingerprint density at radius 1 is 0.855 bits per heavy atom. The Morgan fingerprint density at radius 3 is 2.16 bits per heavy atom. The number of carboxylic acids is 1. The van der Waals surface area contributed by atoms with E-state index in [4.69, 9.17) is 23.7 Å². The summed E-state index contributed by atoms with van der Waals surface area (Å²) in [5.74, 6) is -7.17. The molecule has 0 saturated carbocycles. The zero-order chi connectivity index (χ0) is 45.2. The van der Waals surface area contributed by atoms with Gasteiger partial charge in [0.25, 0.3) is 5.91 Å². The number of carboxylic acid groups (broad SMARTS) is 1. The van der Waals surface area contributed by atoms with Crippen molar-refractivity contribution in [1.29, 1.82) is 0 Å². The number of phenolic OH excluding ortho intramolecular Hbond substituents is 3. The fourth-order valence-corrected chi connectivity index (χ4v) is 8.50. The van der Waals surface area contributed by atoms with E-state index in [1.54, 1.807) is 13.8 Å². The van der Waals surface area contributed by atoms with Crippen LogP contribution in [-0.2, 0) is 23.7 Å². The lowest BCUT2D eigenvalue weighted by Crippen LogP contribution is -2.65. The van der Waals surface area contributed by atoms with Gasteiger partial charge in [0.05, 0.1) is 49.2 Å². The number of methoxy groups -OCH3 is 1. The van der Waals surface area contributed by atoms with E-state index in [9.17, 15) is 70.2 Å². The number of aliphatic hydroxyl groups excluding tert-OH is 6. The third-order valence-corrected chi connectivity index (χ3v) is 11.6. The second-order valence-electron chi connectivity index (χ2n) is 15.4. The van der Waals surface area contributed by atoms with Crippen LogP contribution in [-0.4, -0.2) is 163 Å². The van der Waals surface area contributed by atoms with Crippen LogP contribution < -0.4 is 15.4 Å². The molecule has 21 heteroatoms. The predicted molar refractivity (Wildman–Crippen MR) is 207 cm³/mol. The second kappa shape index (κ2) is 17.1. The molecule has 12 atom stereocenters. The highest BCUT2D eigenvalue weighted by molar-refractivity contribution is 6.31. The molecule has 334 valence electrons. The number of carbonyl (C=O) groups is 4. The maximum atomic E-state index is 14.1. The lowest BCUT2D eigenvalue weighted by Gasteiger charge is -2.47. The van der Waals surface area contributed by atoms with Gasteiger partial charge >= 0.3 is 5.97 Å². The maximum absolute atomic E-state index is 14.1. The van der Waals surface area contributed by atoms with Crippen molar-refractivity contribution in [2.24, 2.45) is 0 Å². The van der Waals surface area contributed by atoms with E-state index in [1.165, 1.54) is 26.2 Å². The minimum Gasteiger partial charge on any atom is -0.507 e. The number of hydrogen-bond acceptors (Lipinski definition) is 19. The number of aromatic hydroxyl groups is 3. The molecule has 3 aromatic carbocycles. The van der Waals surface area contributed by atoms with Crippen molar-refractivity contribution in [2.75, 3.05) is 26.9 Å². The molecule has 21 nitrogen and oxygen atoms in total. The predicted octanol–water partition coefficient (Wildman–Crippen LogP) is -1.25. The Bertz CT molecular complexity index is 2320. The fraction of sp³-hybridized carbons (Fsp3) is 0.463. The molecule has 2 saturated heterocycles. The molecule has 0 bridgehead atoms. The van der Waals surface area contributed by atoms with E-state index in [-0.39, 0.29) is 28.0 Å². The highest BCUT2D eigenvalue weighted by Crippen LogP contribution is 2.57. The van der Waals surface area contributed by atoms with E-state index >= 15 is 0 Å². The zero-order valence-corrected chi connectivity index (χ0v) is 33.5. The van der Waals surface area contributed by atoms with Crippen molar-refractivity contribution in [3.8, 4) is 34.1 Å². The molecule has 2 fully saturated rings. The second-order valence-corrected chi connectivity index (χ2v) is 15.4. The van der Waals surface area contributed by atoms with Crippen molar-refractivity contribution < 1.29 is 93.9 Å². The van der Waals surface area contributed by atoms with Crippen LogP contribution in [0.15, 0.2) is 24.3 Å². The summed E-state index contributed by atoms with van der Waals surface area (Å²) >= 11 is 0. The van der Waals surface area contributed by atoms with Crippen LogP contribution in [0.1, 0.15) is 84.9 Å². The third kappa shape index (κ3) is 7.33. The van der Waals surface area contributed by atoms with Gasteiger partial charge in [-0.05, 0) is 49.2 Å². The summed E-state index contributed by atoms with van der Waals surface area (Å²) in [6.07, 6.45) is -15.7. The summed E-state index contributed by atoms with van der Waals surface area (Å²) in [5.41, 5.74) is -3.80. The van der Waals surface area contributed by atoms with E-state index in [0.717, 1.165) is 12.1 Å². The van der Waals surface area contributed by atoms with Crippen LogP contribution in [0.5, 0.6) is 23.0 Å². The van der Waals surface area contributed by atoms with Crippen molar-refractivity contribution in [2.45, 2.75) is 94.3 Å². The number of benzene rings is 3. The van der Waals surface area contributed by atoms with Crippen LogP contribution in [0.2, 0.25) is 0 Å². The van der Waals surface area contributed by atoms with Gasteiger partial charge in [-0.15, -0.1) is 0 Å². The Hall–Kier alpha value is -5.30. The van der Waals surface area contributed by atoms with Crippen LogP contribution in [0, 0.1) is 6.92 Å². The molecule has 2 aliphatic carbocycles. The molecule has 0 aromatic heterocycles. The van der Waals surface area contributed by atoms with Crippen molar-refractivity contribution in [3.63, 3.8) is 0 Å². The summed E-state index contributed by atoms with van der Waals surface area (Å²) < 4.78 is 29.1. The molecular formula is C41H46N2O19. The number of nitrogens with one attached hydrogen (secondary N) is 2. The Morgan fingerprint density at radius 2 is 1.52 bits per heavy atom. The largest absolute Gasteiger partial charge is 0.507 e. The standard InChI is InChI=1S/C41H46N2O19/c1-5-42-27-13(3)60-41(35(54)37(27)62-40-34(53)31(50)21(46)11-59-40)61-36-18-6-12(2)22(38(55)43-19(10-44)39(56)57)32(51)25(18)24-16(30(36)49)9-17-26(33(24)52)29(48)15-7-14(58-4)8-20(45)23(15)28(17)47/h6-9,13,19,21,27,30-31,34-37,40-42,44-46,49-54H,5,10-11H2,1-4H3,(H,43,55)(H,56,57). The van der Waals surface area contributed by atoms with E-state index in [1.807, 2.05) is 0 Å². The number of aryl methyl sites for hydroxylation is 1. The molecule has 2 aliphatic heterocycles. The monoisotopic (exact) mass is 870 g/mol. The van der Waals surface area contributed by atoms with Crippen LogP contribution in [0.3, 0.4) is 0 Å². The quantitative estimate of drug-likeness (QED) is 0.0838. The minimum atomic E-state index is -1.93. The van der Waals surface area contributed by atoms with Crippen LogP contribution in [0.4, 0.5) is 0 Å². The topological polar surface area (TPSA) is 341 Å². The summed E-state index contributed by atoms with van der Waals surface area (Å²) in [5, 5.41) is 114. The van der Waals surface area contributed by atoms with Crippen molar-refractivity contribution in [1.82, 2.24) is 10.6 Å². The molecule has 12 N–H and O–H groups in total. The lowest BCUT2D eigenvalue weighted by atomic mass is 9.74. The third-order valence-electron chi connectivity index (χ3n) is 11.6. The number of ether oxygens (including phenoxy) is 5. The van der Waals surface area contributed by atoms with Gasteiger partial charge in [-0.2, -0.15) is 0 Å². The summed E-state index contributed by atoms with van der Waals surface area (Å²) in [6.45, 7) is 3.58. The van der Waals surface area contributed by atoms with Gasteiger partial charge in [-0.1, -0.05) is 13.0 Å². The van der Waals surface area contributed by atoms with Gasteiger partial charge in [0.15, 0.2) is 30.2 Å². The molecular weight excluding hydrogens is 824 g/mol. The number of aliphatic carboxylic acids is 1. The van der Waals surface area contributed by atoms with Gasteiger partial charge in [-0.25, -0.2) is 4.79 Å². The Balaban J connectivity index is 1.37.